The smallest absolute Gasteiger partial charge is 0.158 e. The second kappa shape index (κ2) is 4.32. The lowest BCUT2D eigenvalue weighted by molar-refractivity contribution is 0.632. The minimum atomic E-state index is -0.392. The number of rotatable bonds is 2. The fourth-order valence-corrected chi connectivity index (χ4v) is 1.30. The molecule has 0 aliphatic heterocycles. The van der Waals surface area contributed by atoms with Crippen LogP contribution in [-0.2, 0) is 0 Å². The molecular weight excluding hydrogens is 231 g/mol. The van der Waals surface area contributed by atoms with E-state index in [-0.39, 0.29) is 22.3 Å². The topological polar surface area (TPSA) is 63.8 Å². The van der Waals surface area contributed by atoms with E-state index in [0.29, 0.717) is 0 Å². The number of nitrogens with two attached hydrogens (primary N) is 1. The molecule has 1 heterocycles. The fraction of sp³-hybridized carbons (Fsp3) is 0. The lowest BCUT2D eigenvalue weighted by atomic mass is 10.3. The van der Waals surface area contributed by atoms with Crippen LogP contribution in [-0.4, -0.2) is 9.97 Å². The van der Waals surface area contributed by atoms with Crippen molar-refractivity contribution in [3.05, 3.63) is 41.6 Å². The van der Waals surface area contributed by atoms with Gasteiger partial charge in [-0.25, -0.2) is 14.4 Å². The van der Waals surface area contributed by atoms with Crippen LogP contribution in [0, 0.1) is 5.82 Å². The molecule has 0 saturated heterocycles. The van der Waals surface area contributed by atoms with Crippen molar-refractivity contribution in [3.63, 3.8) is 0 Å². The van der Waals surface area contributed by atoms with E-state index in [4.69, 9.17) is 17.3 Å². The summed E-state index contributed by atoms with van der Waals surface area (Å²) in [7, 11) is 0. The zero-order valence-electron chi connectivity index (χ0n) is 8.11. The summed E-state index contributed by atoms with van der Waals surface area (Å²) in [6.45, 7) is 0. The maximum Gasteiger partial charge on any atom is 0.158 e. The molecule has 0 radical (unpaired) electrons. The summed E-state index contributed by atoms with van der Waals surface area (Å²) >= 11 is 5.71. The monoisotopic (exact) mass is 238 g/mol. The number of nitrogens with one attached hydrogen (secondary N) is 1. The second-order valence-corrected chi connectivity index (χ2v) is 3.39. The molecule has 6 heteroatoms. The highest BCUT2D eigenvalue weighted by Crippen LogP contribution is 2.26. The number of nitrogens with zero attached hydrogens (tertiary/aromatic N) is 2. The number of aromatic nitrogens is 2. The lowest BCUT2D eigenvalue weighted by Crippen LogP contribution is -2.02. The molecular formula is C10H8ClFN4. The minimum absolute atomic E-state index is 0.133. The molecule has 0 spiro atoms. The molecule has 3 N–H and O–H groups in total. The zero-order valence-corrected chi connectivity index (χ0v) is 8.87. The number of hydrogen-bond donors (Lipinski definition) is 2. The summed E-state index contributed by atoms with van der Waals surface area (Å²) in [5, 5.41) is 2.88. The summed E-state index contributed by atoms with van der Waals surface area (Å²) in [5.41, 5.74) is 6.11. The molecule has 0 fully saturated rings. The van der Waals surface area contributed by atoms with E-state index in [1.807, 2.05) is 0 Å². The summed E-state index contributed by atoms with van der Waals surface area (Å²) in [6, 6.07) is 6.20. The van der Waals surface area contributed by atoms with Crippen LogP contribution in [0.3, 0.4) is 0 Å². The lowest BCUT2D eigenvalue weighted by Gasteiger charge is -2.08. The highest BCUT2D eigenvalue weighted by atomic mass is 35.5. The summed E-state index contributed by atoms with van der Waals surface area (Å²) in [5.74, 6) is -0.110. The van der Waals surface area contributed by atoms with E-state index in [1.54, 1.807) is 18.2 Å². The molecule has 4 nitrogen and oxygen atoms in total. The van der Waals surface area contributed by atoms with Crippen LogP contribution in [0.2, 0.25) is 5.15 Å². The van der Waals surface area contributed by atoms with Gasteiger partial charge in [-0.2, -0.15) is 0 Å². The molecule has 0 unspecified atom stereocenters. The Labute approximate surface area is 96.3 Å². The maximum absolute atomic E-state index is 13.3. The van der Waals surface area contributed by atoms with Gasteiger partial charge in [0.15, 0.2) is 11.0 Å². The quantitative estimate of drug-likeness (QED) is 0.790. The molecule has 1 aromatic carbocycles. The van der Waals surface area contributed by atoms with Crippen molar-refractivity contribution >= 4 is 28.8 Å². The molecule has 0 amide bonds. The predicted molar refractivity (Wildman–Crippen MR) is 61.1 cm³/mol. The zero-order chi connectivity index (χ0) is 11.5. The third kappa shape index (κ3) is 2.04. The first-order chi connectivity index (χ1) is 7.68. The SMILES string of the molecule is Nc1c(Cl)ncnc1Nc1ccccc1F. The standard InChI is InChI=1S/C10H8ClFN4/c11-9-8(13)10(15-5-14-9)16-7-4-2-1-3-6(7)12/h1-5H,13H2,(H,14,15,16). The Bertz CT molecular complexity index is 518. The molecule has 2 aromatic rings. The number of anilines is 3. The Kier molecular flexibility index (Phi) is 2.87. The molecule has 16 heavy (non-hydrogen) atoms. The van der Waals surface area contributed by atoms with Gasteiger partial charge in [-0.05, 0) is 12.1 Å². The molecule has 0 saturated carbocycles. The molecule has 0 aliphatic rings. The van der Waals surface area contributed by atoms with Gasteiger partial charge in [0.1, 0.15) is 17.8 Å². The van der Waals surface area contributed by atoms with Gasteiger partial charge >= 0.3 is 0 Å². The van der Waals surface area contributed by atoms with Gasteiger partial charge in [0.05, 0.1) is 5.69 Å². The highest BCUT2D eigenvalue weighted by molar-refractivity contribution is 6.32. The van der Waals surface area contributed by atoms with Gasteiger partial charge in [-0.15, -0.1) is 0 Å². The van der Waals surface area contributed by atoms with Gasteiger partial charge in [0.2, 0.25) is 0 Å². The Hall–Kier alpha value is -1.88. The van der Waals surface area contributed by atoms with Gasteiger partial charge < -0.3 is 11.1 Å². The Morgan fingerprint density at radius 1 is 1.25 bits per heavy atom. The largest absolute Gasteiger partial charge is 0.393 e. The van der Waals surface area contributed by atoms with Gasteiger partial charge in [0.25, 0.3) is 0 Å². The van der Waals surface area contributed by atoms with Crippen molar-refractivity contribution in [1.29, 1.82) is 0 Å². The van der Waals surface area contributed by atoms with E-state index in [9.17, 15) is 4.39 Å². The highest BCUT2D eigenvalue weighted by Gasteiger charge is 2.08. The maximum atomic E-state index is 13.3. The van der Waals surface area contributed by atoms with Gasteiger partial charge in [-0.1, -0.05) is 23.7 Å². The normalized spacial score (nSPS) is 10.1. The van der Waals surface area contributed by atoms with Crippen LogP contribution in [0.1, 0.15) is 0 Å². The Balaban J connectivity index is 2.35. The van der Waals surface area contributed by atoms with E-state index in [2.05, 4.69) is 15.3 Å². The van der Waals surface area contributed by atoms with Crippen molar-refractivity contribution in [2.45, 2.75) is 0 Å². The Morgan fingerprint density at radius 3 is 2.75 bits per heavy atom. The van der Waals surface area contributed by atoms with Crippen LogP contribution in [0.25, 0.3) is 0 Å². The average Bonchev–Trinajstić information content (AvgIpc) is 2.28. The third-order valence-corrected chi connectivity index (χ3v) is 2.26. The van der Waals surface area contributed by atoms with Crippen LogP contribution < -0.4 is 11.1 Å². The van der Waals surface area contributed by atoms with Crippen molar-refractivity contribution in [3.8, 4) is 0 Å². The van der Waals surface area contributed by atoms with Crippen molar-refractivity contribution in [2.75, 3.05) is 11.1 Å². The van der Waals surface area contributed by atoms with Crippen LogP contribution in [0.15, 0.2) is 30.6 Å². The number of hydrogen-bond acceptors (Lipinski definition) is 4. The number of nitrogen functional groups attached to an aromatic ring is 1. The molecule has 1 aromatic heterocycles. The van der Waals surface area contributed by atoms with Gasteiger partial charge in [0, 0.05) is 0 Å². The van der Waals surface area contributed by atoms with Crippen molar-refractivity contribution < 1.29 is 4.39 Å². The number of para-hydroxylation sites is 1. The first-order valence-corrected chi connectivity index (χ1v) is 4.84. The molecule has 0 bridgehead atoms. The van der Waals surface area contributed by atoms with Crippen LogP contribution >= 0.6 is 11.6 Å². The van der Waals surface area contributed by atoms with Crippen molar-refractivity contribution in [1.82, 2.24) is 9.97 Å². The first-order valence-electron chi connectivity index (χ1n) is 4.46. The Morgan fingerprint density at radius 2 is 2.00 bits per heavy atom. The number of halogens is 2. The van der Waals surface area contributed by atoms with E-state index in [1.165, 1.54) is 12.4 Å². The number of benzene rings is 1. The van der Waals surface area contributed by atoms with Gasteiger partial charge in [-0.3, -0.25) is 0 Å². The van der Waals surface area contributed by atoms with E-state index < -0.39 is 5.82 Å². The molecule has 0 atom stereocenters. The minimum Gasteiger partial charge on any atom is -0.393 e. The van der Waals surface area contributed by atoms with E-state index >= 15 is 0 Å². The van der Waals surface area contributed by atoms with Crippen LogP contribution in [0.4, 0.5) is 21.6 Å². The molecule has 82 valence electrons. The van der Waals surface area contributed by atoms with Crippen molar-refractivity contribution in [2.24, 2.45) is 0 Å². The predicted octanol–water partition coefficient (Wildman–Crippen LogP) is 2.59. The average molecular weight is 239 g/mol. The van der Waals surface area contributed by atoms with Crippen LogP contribution in [0.5, 0.6) is 0 Å². The second-order valence-electron chi connectivity index (χ2n) is 3.03. The summed E-state index contributed by atoms with van der Waals surface area (Å²) < 4.78 is 13.3. The molecule has 0 aliphatic carbocycles. The third-order valence-electron chi connectivity index (χ3n) is 1.96. The summed E-state index contributed by atoms with van der Waals surface area (Å²) in [6.07, 6.45) is 1.25. The fourth-order valence-electron chi connectivity index (χ4n) is 1.16. The summed E-state index contributed by atoms with van der Waals surface area (Å²) in [4.78, 5) is 7.58. The molecule has 2 rings (SSSR count). The van der Waals surface area contributed by atoms with E-state index in [0.717, 1.165) is 0 Å². The first kappa shape index (κ1) is 10.6.